The minimum Gasteiger partial charge on any atom is -0.460 e. The van der Waals surface area contributed by atoms with Crippen LogP contribution in [0.2, 0.25) is 0 Å². The van der Waals surface area contributed by atoms with Gasteiger partial charge in [-0.1, -0.05) is 12.1 Å². The van der Waals surface area contributed by atoms with E-state index in [0.717, 1.165) is 12.1 Å². The van der Waals surface area contributed by atoms with Gasteiger partial charge in [-0.3, -0.25) is 9.59 Å². The minimum atomic E-state index is -4.40. The standard InChI is InChI=1S/C22H22F3N3O3/c1-14-11-18-20(31-14)12-19(21(30)27-9-7-26(8-10-27)15(2)29)28(18)13-16-3-5-17(6-4-16)22(23,24)25/h3-6,11-12H,7-10,13H2,1-2H3. The third-order valence-corrected chi connectivity index (χ3v) is 5.57. The first-order valence-electron chi connectivity index (χ1n) is 9.94. The number of fused-ring (bicyclic) bond motifs is 1. The van der Waals surface area contributed by atoms with E-state index in [1.807, 2.05) is 6.07 Å². The molecular formula is C22H22F3N3O3. The Kier molecular flexibility index (Phi) is 5.28. The van der Waals surface area contributed by atoms with E-state index in [9.17, 15) is 22.8 Å². The molecule has 9 heteroatoms. The predicted molar refractivity (Wildman–Crippen MR) is 108 cm³/mol. The first-order valence-corrected chi connectivity index (χ1v) is 9.94. The lowest BCUT2D eigenvalue weighted by Gasteiger charge is -2.34. The number of hydrogen-bond donors (Lipinski definition) is 0. The molecule has 6 nitrogen and oxygen atoms in total. The van der Waals surface area contributed by atoms with Gasteiger partial charge in [0.05, 0.1) is 11.1 Å². The molecule has 1 aliphatic rings. The molecule has 0 atom stereocenters. The van der Waals surface area contributed by atoms with E-state index >= 15 is 0 Å². The van der Waals surface area contributed by atoms with Gasteiger partial charge in [0, 0.05) is 51.8 Å². The summed E-state index contributed by atoms with van der Waals surface area (Å²) in [6.45, 7) is 5.31. The van der Waals surface area contributed by atoms with Crippen LogP contribution in [0.25, 0.3) is 11.1 Å². The molecule has 1 fully saturated rings. The Hall–Kier alpha value is -3.23. The number of rotatable bonds is 3. The molecule has 1 aliphatic heterocycles. The summed E-state index contributed by atoms with van der Waals surface area (Å²) in [5, 5.41) is 0. The summed E-state index contributed by atoms with van der Waals surface area (Å²) >= 11 is 0. The second-order valence-electron chi connectivity index (χ2n) is 7.72. The van der Waals surface area contributed by atoms with Crippen molar-refractivity contribution in [3.8, 4) is 0 Å². The summed E-state index contributed by atoms with van der Waals surface area (Å²) in [7, 11) is 0. The van der Waals surface area contributed by atoms with Crippen LogP contribution in [-0.4, -0.2) is 52.4 Å². The maximum Gasteiger partial charge on any atom is 0.416 e. The molecule has 0 aliphatic carbocycles. The zero-order chi connectivity index (χ0) is 22.3. The minimum absolute atomic E-state index is 0.0224. The van der Waals surface area contributed by atoms with E-state index in [1.54, 1.807) is 27.4 Å². The average molecular weight is 433 g/mol. The number of amides is 2. The smallest absolute Gasteiger partial charge is 0.416 e. The number of furan rings is 1. The van der Waals surface area contributed by atoms with Crippen LogP contribution in [0.3, 0.4) is 0 Å². The lowest BCUT2D eigenvalue weighted by molar-refractivity contribution is -0.137. The first kappa shape index (κ1) is 21.0. The van der Waals surface area contributed by atoms with Crippen molar-refractivity contribution < 1.29 is 27.2 Å². The van der Waals surface area contributed by atoms with Crippen LogP contribution in [0.1, 0.15) is 34.3 Å². The Labute approximate surface area is 176 Å². The number of benzene rings is 1. The first-order chi connectivity index (χ1) is 14.6. The molecule has 0 radical (unpaired) electrons. The molecule has 164 valence electrons. The summed E-state index contributed by atoms with van der Waals surface area (Å²) in [5.41, 5.74) is 1.59. The Morgan fingerprint density at radius 3 is 2.19 bits per heavy atom. The zero-order valence-corrected chi connectivity index (χ0v) is 17.2. The maximum absolute atomic E-state index is 13.2. The lowest BCUT2D eigenvalue weighted by Crippen LogP contribution is -2.50. The molecule has 1 saturated heterocycles. The van der Waals surface area contributed by atoms with Crippen molar-refractivity contribution in [2.45, 2.75) is 26.6 Å². The van der Waals surface area contributed by atoms with E-state index in [4.69, 9.17) is 4.42 Å². The van der Waals surface area contributed by atoms with Gasteiger partial charge in [-0.2, -0.15) is 13.2 Å². The van der Waals surface area contributed by atoms with Crippen molar-refractivity contribution in [1.82, 2.24) is 14.4 Å². The molecule has 2 amide bonds. The fourth-order valence-electron chi connectivity index (χ4n) is 3.88. The van der Waals surface area contributed by atoms with Crippen LogP contribution in [-0.2, 0) is 17.5 Å². The fraction of sp³-hybridized carbons (Fsp3) is 0.364. The molecule has 4 rings (SSSR count). The van der Waals surface area contributed by atoms with Gasteiger partial charge in [-0.15, -0.1) is 0 Å². The van der Waals surface area contributed by atoms with Crippen LogP contribution in [0.5, 0.6) is 0 Å². The largest absolute Gasteiger partial charge is 0.460 e. The highest BCUT2D eigenvalue weighted by atomic mass is 19.4. The van der Waals surface area contributed by atoms with Crippen molar-refractivity contribution in [3.05, 3.63) is 59.0 Å². The van der Waals surface area contributed by atoms with Crippen LogP contribution >= 0.6 is 0 Å². The monoisotopic (exact) mass is 433 g/mol. The highest BCUT2D eigenvalue weighted by Crippen LogP contribution is 2.30. The van der Waals surface area contributed by atoms with Crippen molar-refractivity contribution in [1.29, 1.82) is 0 Å². The number of aryl methyl sites for hydroxylation is 1. The van der Waals surface area contributed by atoms with E-state index in [1.165, 1.54) is 19.1 Å². The molecule has 0 bridgehead atoms. The van der Waals surface area contributed by atoms with Crippen molar-refractivity contribution >= 4 is 22.9 Å². The van der Waals surface area contributed by atoms with Gasteiger partial charge in [0.1, 0.15) is 11.5 Å². The van der Waals surface area contributed by atoms with Crippen LogP contribution < -0.4 is 0 Å². The van der Waals surface area contributed by atoms with Crippen LogP contribution in [0.15, 0.2) is 40.8 Å². The number of piperazine rings is 1. The third-order valence-electron chi connectivity index (χ3n) is 5.57. The summed E-state index contributed by atoms with van der Waals surface area (Å²) in [4.78, 5) is 28.2. The van der Waals surface area contributed by atoms with Crippen molar-refractivity contribution in [2.24, 2.45) is 0 Å². The molecule has 2 aromatic heterocycles. The average Bonchev–Trinajstić information content (AvgIpc) is 3.24. The van der Waals surface area contributed by atoms with Gasteiger partial charge in [0.15, 0.2) is 5.58 Å². The highest BCUT2D eigenvalue weighted by molar-refractivity contribution is 5.98. The quantitative estimate of drug-likeness (QED) is 0.629. The molecular weight excluding hydrogens is 411 g/mol. The predicted octanol–water partition coefficient (Wildman–Crippen LogP) is 3.91. The molecule has 3 heterocycles. The zero-order valence-electron chi connectivity index (χ0n) is 17.2. The number of halogens is 3. The van der Waals surface area contributed by atoms with E-state index in [-0.39, 0.29) is 18.4 Å². The van der Waals surface area contributed by atoms with Gasteiger partial charge in [0.2, 0.25) is 5.91 Å². The Morgan fingerprint density at radius 2 is 1.61 bits per heavy atom. The van der Waals surface area contributed by atoms with Crippen molar-refractivity contribution in [3.63, 3.8) is 0 Å². The van der Waals surface area contributed by atoms with Gasteiger partial charge in [-0.05, 0) is 24.6 Å². The molecule has 31 heavy (non-hydrogen) atoms. The van der Waals surface area contributed by atoms with Crippen molar-refractivity contribution in [2.75, 3.05) is 26.2 Å². The van der Waals surface area contributed by atoms with Gasteiger partial charge < -0.3 is 18.8 Å². The fourth-order valence-corrected chi connectivity index (χ4v) is 3.88. The van der Waals surface area contributed by atoms with Gasteiger partial charge >= 0.3 is 6.18 Å². The summed E-state index contributed by atoms with van der Waals surface area (Å²) in [6, 6.07) is 8.40. The summed E-state index contributed by atoms with van der Waals surface area (Å²) in [5.74, 6) is 0.463. The second kappa shape index (κ2) is 7.79. The molecule has 0 N–H and O–H groups in total. The maximum atomic E-state index is 13.2. The van der Waals surface area contributed by atoms with Crippen LogP contribution in [0.4, 0.5) is 13.2 Å². The number of hydrogen-bond acceptors (Lipinski definition) is 3. The third kappa shape index (κ3) is 4.17. The summed E-state index contributed by atoms with van der Waals surface area (Å²) < 4.78 is 46.1. The Bertz CT molecular complexity index is 1120. The molecule has 0 unspecified atom stereocenters. The number of carbonyl (C=O) groups excluding carboxylic acids is 2. The Morgan fingerprint density at radius 1 is 1.00 bits per heavy atom. The van der Waals surface area contributed by atoms with Crippen LogP contribution in [0, 0.1) is 6.92 Å². The normalized spacial score (nSPS) is 15.0. The van der Waals surface area contributed by atoms with Gasteiger partial charge in [-0.25, -0.2) is 0 Å². The number of carbonyl (C=O) groups is 2. The molecule has 0 saturated carbocycles. The Balaban J connectivity index is 1.63. The molecule has 3 aromatic rings. The molecule has 0 spiro atoms. The van der Waals surface area contributed by atoms with E-state index < -0.39 is 11.7 Å². The second-order valence-corrected chi connectivity index (χ2v) is 7.72. The topological polar surface area (TPSA) is 58.7 Å². The van der Waals surface area contributed by atoms with E-state index in [2.05, 4.69) is 0 Å². The number of alkyl halides is 3. The van der Waals surface area contributed by atoms with E-state index in [0.29, 0.717) is 54.3 Å². The highest BCUT2D eigenvalue weighted by Gasteiger charge is 2.30. The lowest BCUT2D eigenvalue weighted by atomic mass is 10.1. The SMILES string of the molecule is CC(=O)N1CCN(C(=O)c2cc3oc(C)cc3n2Cc2ccc(C(F)(F)F)cc2)CC1. The van der Waals surface area contributed by atoms with Gasteiger partial charge in [0.25, 0.3) is 5.91 Å². The molecule has 1 aromatic carbocycles. The summed E-state index contributed by atoms with van der Waals surface area (Å²) in [6.07, 6.45) is -4.40. The number of nitrogens with zero attached hydrogens (tertiary/aromatic N) is 3. The number of aromatic nitrogens is 1.